The average molecular weight is 262 g/mol. The lowest BCUT2D eigenvalue weighted by Gasteiger charge is -2.20. The van der Waals surface area contributed by atoms with Crippen molar-refractivity contribution >= 4 is 0 Å². The van der Waals surface area contributed by atoms with Gasteiger partial charge in [-0.1, -0.05) is 0 Å². The van der Waals surface area contributed by atoms with E-state index < -0.39 is 12.8 Å². The fraction of sp³-hybridized carbons (Fsp3) is 0.583. The van der Waals surface area contributed by atoms with E-state index in [-0.39, 0.29) is 11.3 Å². The third kappa shape index (κ3) is 6.44. The topological polar surface area (TPSA) is 34.1 Å². The van der Waals surface area contributed by atoms with Crippen LogP contribution in [0.5, 0.6) is 5.75 Å². The number of aromatic nitrogens is 1. The molecule has 6 heteroatoms. The summed E-state index contributed by atoms with van der Waals surface area (Å²) in [4.78, 5) is 4.06. The van der Waals surface area contributed by atoms with E-state index in [1.165, 1.54) is 18.3 Å². The van der Waals surface area contributed by atoms with E-state index in [0.717, 1.165) is 0 Å². The number of halogens is 3. The van der Waals surface area contributed by atoms with Gasteiger partial charge in [0.15, 0.2) is 6.61 Å². The number of pyridine rings is 1. The van der Waals surface area contributed by atoms with Crippen LogP contribution in [0, 0.1) is 0 Å². The van der Waals surface area contributed by atoms with Gasteiger partial charge in [0.1, 0.15) is 5.75 Å². The normalized spacial score (nSPS) is 12.6. The van der Waals surface area contributed by atoms with Gasteiger partial charge < -0.3 is 10.1 Å². The van der Waals surface area contributed by atoms with Crippen molar-refractivity contribution in [3.8, 4) is 5.75 Å². The molecule has 1 rings (SSSR count). The van der Waals surface area contributed by atoms with Gasteiger partial charge >= 0.3 is 6.18 Å². The molecule has 1 aromatic heterocycles. The molecule has 1 aromatic rings. The van der Waals surface area contributed by atoms with Crippen LogP contribution in [0.15, 0.2) is 18.3 Å². The number of nitrogens with one attached hydrogen (secondary N) is 1. The predicted molar refractivity (Wildman–Crippen MR) is 62.4 cm³/mol. The van der Waals surface area contributed by atoms with Crippen LogP contribution in [-0.4, -0.2) is 23.3 Å². The first-order chi connectivity index (χ1) is 8.16. The summed E-state index contributed by atoms with van der Waals surface area (Å²) in [5.41, 5.74) is 0.564. The quantitative estimate of drug-likeness (QED) is 0.906. The van der Waals surface area contributed by atoms with Crippen molar-refractivity contribution < 1.29 is 17.9 Å². The van der Waals surface area contributed by atoms with E-state index in [4.69, 9.17) is 0 Å². The summed E-state index contributed by atoms with van der Waals surface area (Å²) in [6, 6.07) is 2.91. The molecule has 0 fully saturated rings. The lowest BCUT2D eigenvalue weighted by Crippen LogP contribution is -2.35. The van der Waals surface area contributed by atoms with Crippen molar-refractivity contribution in [3.63, 3.8) is 0 Å². The highest BCUT2D eigenvalue weighted by Crippen LogP contribution is 2.18. The highest BCUT2D eigenvalue weighted by atomic mass is 19.4. The van der Waals surface area contributed by atoms with Gasteiger partial charge in [0.05, 0.1) is 5.69 Å². The lowest BCUT2D eigenvalue weighted by molar-refractivity contribution is -0.153. The zero-order valence-electron chi connectivity index (χ0n) is 10.6. The van der Waals surface area contributed by atoms with E-state index >= 15 is 0 Å². The zero-order valence-corrected chi connectivity index (χ0v) is 10.6. The molecule has 1 heterocycles. The summed E-state index contributed by atoms with van der Waals surface area (Å²) in [6.07, 6.45) is -2.89. The van der Waals surface area contributed by atoms with E-state index in [0.29, 0.717) is 12.2 Å². The maximum atomic E-state index is 12.0. The fourth-order valence-corrected chi connectivity index (χ4v) is 1.16. The van der Waals surface area contributed by atoms with Gasteiger partial charge in [0.2, 0.25) is 0 Å². The average Bonchev–Trinajstić information content (AvgIpc) is 2.22. The van der Waals surface area contributed by atoms with E-state index in [1.54, 1.807) is 0 Å². The van der Waals surface area contributed by atoms with Crippen LogP contribution in [-0.2, 0) is 6.54 Å². The molecule has 3 nitrogen and oxygen atoms in total. The van der Waals surface area contributed by atoms with Crippen molar-refractivity contribution in [2.24, 2.45) is 0 Å². The number of hydrogen-bond acceptors (Lipinski definition) is 3. The molecular weight excluding hydrogens is 245 g/mol. The molecule has 0 radical (unpaired) electrons. The minimum atomic E-state index is -4.33. The van der Waals surface area contributed by atoms with E-state index in [9.17, 15) is 13.2 Å². The summed E-state index contributed by atoms with van der Waals surface area (Å²) < 4.78 is 40.6. The van der Waals surface area contributed by atoms with Crippen LogP contribution in [0.4, 0.5) is 13.2 Å². The Kier molecular flexibility index (Phi) is 4.56. The van der Waals surface area contributed by atoms with Gasteiger partial charge in [-0.05, 0) is 26.8 Å². The Bertz CT molecular complexity index is 352. The molecular formula is C12H17F3N2O. The highest BCUT2D eigenvalue weighted by molar-refractivity contribution is 5.22. The Labute approximate surface area is 104 Å². The van der Waals surface area contributed by atoms with Crippen molar-refractivity contribution in [2.45, 2.75) is 39.0 Å². The molecule has 0 saturated carbocycles. The molecule has 102 valence electrons. The minimum Gasteiger partial charge on any atom is -0.484 e. The van der Waals surface area contributed by atoms with Gasteiger partial charge in [0, 0.05) is 24.3 Å². The third-order valence-corrected chi connectivity index (χ3v) is 1.99. The van der Waals surface area contributed by atoms with Crippen molar-refractivity contribution in [1.82, 2.24) is 10.3 Å². The number of rotatable bonds is 4. The molecule has 0 saturated heterocycles. The summed E-state index contributed by atoms with van der Waals surface area (Å²) >= 11 is 0. The Morgan fingerprint density at radius 1 is 1.28 bits per heavy atom. The number of hydrogen-bond donors (Lipinski definition) is 1. The second kappa shape index (κ2) is 5.56. The van der Waals surface area contributed by atoms with Gasteiger partial charge in [-0.3, -0.25) is 4.98 Å². The summed E-state index contributed by atoms with van der Waals surface area (Å²) in [7, 11) is 0. The SMILES string of the molecule is CC(C)(C)NCc1cc(OCC(F)(F)F)ccn1. The Morgan fingerprint density at radius 2 is 1.94 bits per heavy atom. The Balaban J connectivity index is 2.57. The lowest BCUT2D eigenvalue weighted by atomic mass is 10.1. The molecule has 0 aliphatic heterocycles. The monoisotopic (exact) mass is 262 g/mol. The maximum absolute atomic E-state index is 12.0. The molecule has 0 aromatic carbocycles. The van der Waals surface area contributed by atoms with Crippen LogP contribution in [0.2, 0.25) is 0 Å². The number of ether oxygens (including phenoxy) is 1. The molecule has 1 N–H and O–H groups in total. The third-order valence-electron chi connectivity index (χ3n) is 1.99. The van der Waals surface area contributed by atoms with Crippen LogP contribution < -0.4 is 10.1 Å². The van der Waals surface area contributed by atoms with Crippen LogP contribution in [0.1, 0.15) is 26.5 Å². The first-order valence-corrected chi connectivity index (χ1v) is 5.55. The summed E-state index contributed by atoms with van der Waals surface area (Å²) in [6.45, 7) is 5.18. The summed E-state index contributed by atoms with van der Waals surface area (Å²) in [5, 5.41) is 3.20. The molecule has 0 amide bonds. The molecule has 18 heavy (non-hydrogen) atoms. The van der Waals surface area contributed by atoms with Crippen molar-refractivity contribution in [3.05, 3.63) is 24.0 Å². The van der Waals surface area contributed by atoms with Crippen LogP contribution >= 0.6 is 0 Å². The molecule has 0 spiro atoms. The Morgan fingerprint density at radius 3 is 2.50 bits per heavy atom. The summed E-state index contributed by atoms with van der Waals surface area (Å²) in [5.74, 6) is 0.174. The van der Waals surface area contributed by atoms with Crippen molar-refractivity contribution in [1.29, 1.82) is 0 Å². The maximum Gasteiger partial charge on any atom is 0.422 e. The predicted octanol–water partition coefficient (Wildman–Crippen LogP) is 2.91. The number of alkyl halides is 3. The zero-order chi connectivity index (χ0) is 13.8. The van der Waals surface area contributed by atoms with Crippen LogP contribution in [0.25, 0.3) is 0 Å². The standard InChI is InChI=1S/C12H17F3N2O/c1-11(2,3)17-7-9-6-10(4-5-16-9)18-8-12(13,14)15/h4-6,17H,7-8H2,1-3H3. The Hall–Kier alpha value is -1.30. The fourth-order valence-electron chi connectivity index (χ4n) is 1.16. The van der Waals surface area contributed by atoms with Gasteiger partial charge in [-0.15, -0.1) is 0 Å². The first-order valence-electron chi connectivity index (χ1n) is 5.55. The largest absolute Gasteiger partial charge is 0.484 e. The van der Waals surface area contributed by atoms with Gasteiger partial charge in [0.25, 0.3) is 0 Å². The number of nitrogens with zero attached hydrogens (tertiary/aromatic N) is 1. The van der Waals surface area contributed by atoms with Gasteiger partial charge in [-0.2, -0.15) is 13.2 Å². The van der Waals surface area contributed by atoms with E-state index in [1.807, 2.05) is 20.8 Å². The van der Waals surface area contributed by atoms with Crippen molar-refractivity contribution in [2.75, 3.05) is 6.61 Å². The molecule has 0 aliphatic rings. The van der Waals surface area contributed by atoms with E-state index in [2.05, 4.69) is 15.0 Å². The second-order valence-electron chi connectivity index (χ2n) is 4.99. The highest BCUT2D eigenvalue weighted by Gasteiger charge is 2.28. The first kappa shape index (κ1) is 14.8. The minimum absolute atomic E-state index is 0.0789. The molecule has 0 atom stereocenters. The molecule has 0 bridgehead atoms. The second-order valence-corrected chi connectivity index (χ2v) is 4.99. The van der Waals surface area contributed by atoms with Gasteiger partial charge in [-0.25, -0.2) is 0 Å². The molecule has 0 unspecified atom stereocenters. The van der Waals surface area contributed by atoms with Crippen LogP contribution in [0.3, 0.4) is 0 Å². The smallest absolute Gasteiger partial charge is 0.422 e. The molecule has 0 aliphatic carbocycles.